The van der Waals surface area contributed by atoms with E-state index in [0.29, 0.717) is 14.2 Å². The fraction of sp³-hybridized carbons (Fsp3) is 0. The molecule has 1 amide bonds. The standard InChI is InChI=1S/C14H9ClN2OS2/c15-9-3-5-10(6-4-9)17-7-1-2-11(17)8-12-13(18)16-14(19)20-12/h1-8H,(H,16,18,19). The van der Waals surface area contributed by atoms with Gasteiger partial charge in [0.1, 0.15) is 4.32 Å². The van der Waals surface area contributed by atoms with Crippen molar-refractivity contribution in [2.24, 2.45) is 0 Å². The summed E-state index contributed by atoms with van der Waals surface area (Å²) in [7, 11) is 0. The van der Waals surface area contributed by atoms with E-state index in [1.165, 1.54) is 11.8 Å². The first-order valence-corrected chi connectivity index (χ1v) is 7.42. The van der Waals surface area contributed by atoms with Crippen LogP contribution in [0.15, 0.2) is 47.5 Å². The van der Waals surface area contributed by atoms with E-state index >= 15 is 0 Å². The number of nitrogens with one attached hydrogen (secondary N) is 1. The summed E-state index contributed by atoms with van der Waals surface area (Å²) in [6.45, 7) is 0. The summed E-state index contributed by atoms with van der Waals surface area (Å²) < 4.78 is 2.48. The fourth-order valence-corrected chi connectivity index (χ4v) is 3.06. The minimum absolute atomic E-state index is 0.149. The molecule has 0 bridgehead atoms. The summed E-state index contributed by atoms with van der Waals surface area (Å²) in [5.41, 5.74) is 1.90. The summed E-state index contributed by atoms with van der Waals surface area (Å²) in [6, 6.07) is 11.4. The Morgan fingerprint density at radius 1 is 1.25 bits per heavy atom. The van der Waals surface area contributed by atoms with Gasteiger partial charge in [0, 0.05) is 22.6 Å². The molecule has 2 heterocycles. The zero-order valence-electron chi connectivity index (χ0n) is 10.2. The lowest BCUT2D eigenvalue weighted by atomic mass is 10.3. The van der Waals surface area contributed by atoms with Crippen LogP contribution in [0.3, 0.4) is 0 Å². The molecule has 1 fully saturated rings. The Hall–Kier alpha value is -1.56. The zero-order valence-corrected chi connectivity index (χ0v) is 12.6. The topological polar surface area (TPSA) is 34.0 Å². The highest BCUT2D eigenvalue weighted by atomic mass is 35.5. The first-order valence-electron chi connectivity index (χ1n) is 5.81. The van der Waals surface area contributed by atoms with Crippen molar-refractivity contribution in [2.75, 3.05) is 0 Å². The van der Waals surface area contributed by atoms with Gasteiger partial charge in [-0.05, 0) is 42.5 Å². The molecule has 3 nitrogen and oxygen atoms in total. The average Bonchev–Trinajstić information content (AvgIpc) is 2.98. The number of benzene rings is 1. The van der Waals surface area contributed by atoms with Gasteiger partial charge in [-0.15, -0.1) is 0 Å². The van der Waals surface area contributed by atoms with Crippen LogP contribution in [0.1, 0.15) is 5.69 Å². The molecule has 1 aromatic heterocycles. The Kier molecular flexibility index (Phi) is 3.65. The first-order chi connectivity index (χ1) is 9.63. The second-order valence-corrected chi connectivity index (χ2v) is 6.29. The van der Waals surface area contributed by atoms with Crippen molar-refractivity contribution < 1.29 is 4.79 Å². The Morgan fingerprint density at radius 3 is 2.65 bits per heavy atom. The number of nitrogens with zero attached hydrogens (tertiary/aromatic N) is 1. The van der Waals surface area contributed by atoms with Crippen LogP contribution in [0.4, 0.5) is 0 Å². The number of rotatable bonds is 2. The summed E-state index contributed by atoms with van der Waals surface area (Å²) in [4.78, 5) is 12.3. The number of hydrogen-bond donors (Lipinski definition) is 1. The van der Waals surface area contributed by atoms with Crippen LogP contribution in [0.25, 0.3) is 11.8 Å². The van der Waals surface area contributed by atoms with Crippen LogP contribution in [0.2, 0.25) is 5.02 Å². The minimum Gasteiger partial charge on any atom is -0.317 e. The van der Waals surface area contributed by atoms with Gasteiger partial charge in [0.15, 0.2) is 0 Å². The van der Waals surface area contributed by atoms with Gasteiger partial charge in [-0.3, -0.25) is 4.79 Å². The molecule has 0 aliphatic carbocycles. The van der Waals surface area contributed by atoms with Crippen molar-refractivity contribution in [3.63, 3.8) is 0 Å². The number of aromatic nitrogens is 1. The fourth-order valence-electron chi connectivity index (χ4n) is 1.90. The van der Waals surface area contributed by atoms with Gasteiger partial charge in [0.25, 0.3) is 5.91 Å². The third-order valence-corrected chi connectivity index (χ3v) is 4.22. The van der Waals surface area contributed by atoms with E-state index in [4.69, 9.17) is 23.8 Å². The van der Waals surface area contributed by atoms with Crippen LogP contribution < -0.4 is 5.32 Å². The SMILES string of the molecule is O=C1NC(=S)SC1=Cc1cccn1-c1ccc(Cl)cc1. The highest BCUT2D eigenvalue weighted by Gasteiger charge is 2.22. The summed E-state index contributed by atoms with van der Waals surface area (Å²) in [6.07, 6.45) is 3.76. The number of carbonyl (C=O) groups excluding carboxylic acids is 1. The van der Waals surface area contributed by atoms with E-state index in [2.05, 4.69) is 5.32 Å². The van der Waals surface area contributed by atoms with E-state index in [0.717, 1.165) is 11.4 Å². The lowest BCUT2D eigenvalue weighted by molar-refractivity contribution is -0.115. The maximum absolute atomic E-state index is 11.7. The van der Waals surface area contributed by atoms with Gasteiger partial charge >= 0.3 is 0 Å². The normalized spacial score (nSPS) is 16.8. The van der Waals surface area contributed by atoms with Crippen LogP contribution in [0.5, 0.6) is 0 Å². The first kappa shape index (κ1) is 13.4. The van der Waals surface area contributed by atoms with Gasteiger partial charge in [0.05, 0.1) is 4.91 Å². The third-order valence-electron chi connectivity index (χ3n) is 2.81. The quantitative estimate of drug-likeness (QED) is 0.678. The molecule has 0 saturated carbocycles. The molecule has 20 heavy (non-hydrogen) atoms. The van der Waals surface area contributed by atoms with E-state index < -0.39 is 0 Å². The van der Waals surface area contributed by atoms with Gasteiger partial charge in [-0.2, -0.15) is 0 Å². The monoisotopic (exact) mass is 320 g/mol. The van der Waals surface area contributed by atoms with Crippen LogP contribution >= 0.6 is 35.6 Å². The summed E-state index contributed by atoms with van der Waals surface area (Å²) >= 11 is 12.1. The number of carbonyl (C=O) groups is 1. The number of halogens is 1. The van der Waals surface area contributed by atoms with E-state index in [1.54, 1.807) is 0 Å². The summed E-state index contributed by atoms with van der Waals surface area (Å²) in [5.74, 6) is -0.149. The van der Waals surface area contributed by atoms with Crippen molar-refractivity contribution in [1.29, 1.82) is 0 Å². The second kappa shape index (κ2) is 5.44. The molecule has 2 aromatic rings. The molecule has 1 aromatic carbocycles. The maximum Gasteiger partial charge on any atom is 0.263 e. The van der Waals surface area contributed by atoms with Crippen molar-refractivity contribution in [3.05, 3.63) is 58.2 Å². The number of thiocarbonyl (C=S) groups is 1. The van der Waals surface area contributed by atoms with Gasteiger partial charge in [-0.1, -0.05) is 35.6 Å². The van der Waals surface area contributed by atoms with E-state index in [9.17, 15) is 4.79 Å². The molecule has 0 unspecified atom stereocenters. The lowest BCUT2D eigenvalue weighted by Gasteiger charge is -2.06. The molecule has 3 rings (SSSR count). The predicted molar refractivity (Wildman–Crippen MR) is 87.1 cm³/mol. The average molecular weight is 321 g/mol. The molecular formula is C14H9ClN2OS2. The predicted octanol–water partition coefficient (Wildman–Crippen LogP) is 3.62. The second-order valence-electron chi connectivity index (χ2n) is 4.13. The molecule has 1 N–H and O–H groups in total. The lowest BCUT2D eigenvalue weighted by Crippen LogP contribution is -2.17. The molecular weight excluding hydrogens is 312 g/mol. The smallest absolute Gasteiger partial charge is 0.263 e. The maximum atomic E-state index is 11.7. The van der Waals surface area contributed by atoms with Crippen molar-refractivity contribution in [1.82, 2.24) is 9.88 Å². The Labute approximate surface area is 130 Å². The highest BCUT2D eigenvalue weighted by Crippen LogP contribution is 2.27. The number of hydrogen-bond acceptors (Lipinski definition) is 3. The molecule has 0 atom stereocenters. The number of thioether (sulfide) groups is 1. The van der Waals surface area contributed by atoms with Crippen LogP contribution in [-0.4, -0.2) is 14.8 Å². The highest BCUT2D eigenvalue weighted by molar-refractivity contribution is 8.26. The molecule has 100 valence electrons. The Bertz CT molecular complexity index is 719. The van der Waals surface area contributed by atoms with Crippen molar-refractivity contribution in [3.8, 4) is 5.69 Å². The minimum atomic E-state index is -0.149. The molecule has 0 radical (unpaired) electrons. The van der Waals surface area contributed by atoms with Gasteiger partial charge in [-0.25, -0.2) is 0 Å². The largest absolute Gasteiger partial charge is 0.317 e. The zero-order chi connectivity index (χ0) is 14.1. The molecule has 6 heteroatoms. The summed E-state index contributed by atoms with van der Waals surface area (Å²) in [5, 5.41) is 3.30. The van der Waals surface area contributed by atoms with Gasteiger partial charge < -0.3 is 9.88 Å². The van der Waals surface area contributed by atoms with E-state index in [1.807, 2.05) is 53.2 Å². The molecule has 1 aliphatic heterocycles. The Balaban J connectivity index is 1.99. The van der Waals surface area contributed by atoms with Crippen molar-refractivity contribution >= 4 is 51.9 Å². The van der Waals surface area contributed by atoms with E-state index in [-0.39, 0.29) is 5.91 Å². The van der Waals surface area contributed by atoms with Crippen LogP contribution in [-0.2, 0) is 4.79 Å². The third kappa shape index (κ3) is 2.65. The van der Waals surface area contributed by atoms with Gasteiger partial charge in [0.2, 0.25) is 0 Å². The number of amides is 1. The van der Waals surface area contributed by atoms with Crippen LogP contribution in [0, 0.1) is 0 Å². The van der Waals surface area contributed by atoms with Crippen molar-refractivity contribution in [2.45, 2.75) is 0 Å². The Morgan fingerprint density at radius 2 is 2.00 bits per heavy atom. The molecule has 1 saturated heterocycles. The molecule has 0 spiro atoms. The molecule has 1 aliphatic rings.